The first-order chi connectivity index (χ1) is 8.65. The van der Waals surface area contributed by atoms with Gasteiger partial charge in [-0.2, -0.15) is 0 Å². The number of hydrogen-bond acceptors (Lipinski definition) is 2. The molecule has 18 heavy (non-hydrogen) atoms. The molecule has 1 aromatic rings. The summed E-state index contributed by atoms with van der Waals surface area (Å²) in [6.07, 6.45) is 2.24. The number of nitrogens with zero attached hydrogens (tertiary/aromatic N) is 1. The summed E-state index contributed by atoms with van der Waals surface area (Å²) in [5.74, 6) is -0.343. The van der Waals surface area contributed by atoms with Gasteiger partial charge in [-0.25, -0.2) is 0 Å². The number of carbonyl (C=O) groups is 1. The summed E-state index contributed by atoms with van der Waals surface area (Å²) in [6.45, 7) is 2.78. The van der Waals surface area contributed by atoms with Gasteiger partial charge < -0.3 is 5.11 Å². The van der Waals surface area contributed by atoms with Crippen LogP contribution in [0.25, 0.3) is 0 Å². The van der Waals surface area contributed by atoms with Crippen LogP contribution in [0.4, 0.5) is 0 Å². The maximum Gasteiger partial charge on any atom is 0.303 e. The van der Waals surface area contributed by atoms with Gasteiger partial charge in [0.2, 0.25) is 0 Å². The van der Waals surface area contributed by atoms with Crippen molar-refractivity contribution < 1.29 is 9.90 Å². The van der Waals surface area contributed by atoms with Crippen molar-refractivity contribution in [3.8, 4) is 0 Å². The van der Waals surface area contributed by atoms with Crippen molar-refractivity contribution in [2.24, 2.45) is 5.92 Å². The minimum absolute atomic E-state index is 0.305. The van der Waals surface area contributed by atoms with Crippen molar-refractivity contribution >= 4 is 17.6 Å². The molecule has 1 aromatic carbocycles. The Hall–Kier alpha value is -1.06. The summed E-state index contributed by atoms with van der Waals surface area (Å²) in [5, 5.41) is 9.58. The number of hydrogen-bond donors (Lipinski definition) is 1. The number of carboxylic acid groups (broad SMARTS) is 1. The van der Waals surface area contributed by atoms with E-state index in [1.54, 1.807) is 0 Å². The molecule has 1 N–H and O–H groups in total. The van der Waals surface area contributed by atoms with Crippen LogP contribution in [0.15, 0.2) is 24.3 Å². The molecular formula is C14H18ClNO2. The standard InChI is InChI=1S/C14H18ClNO2/c15-13-4-2-1-3-12(13)10-16-7-5-11(6-8-16)9-14(17)18/h1-4,11H,5-10H2,(H,17,18). The molecule has 98 valence electrons. The van der Waals surface area contributed by atoms with Crippen molar-refractivity contribution in [1.29, 1.82) is 0 Å². The molecule has 0 aliphatic carbocycles. The summed E-state index contributed by atoms with van der Waals surface area (Å²) < 4.78 is 0. The van der Waals surface area contributed by atoms with Gasteiger partial charge >= 0.3 is 5.97 Å². The Morgan fingerprint density at radius 3 is 2.61 bits per heavy atom. The molecule has 0 amide bonds. The first-order valence-electron chi connectivity index (χ1n) is 6.32. The SMILES string of the molecule is O=C(O)CC1CCN(Cc2ccccc2Cl)CC1. The third-order valence-electron chi connectivity index (χ3n) is 3.52. The van der Waals surface area contributed by atoms with Crippen molar-refractivity contribution in [3.05, 3.63) is 34.9 Å². The Labute approximate surface area is 112 Å². The Morgan fingerprint density at radius 1 is 1.33 bits per heavy atom. The fraction of sp³-hybridized carbons (Fsp3) is 0.500. The minimum atomic E-state index is -0.681. The number of piperidine rings is 1. The van der Waals surface area contributed by atoms with E-state index >= 15 is 0 Å². The first-order valence-corrected chi connectivity index (χ1v) is 6.70. The van der Waals surface area contributed by atoms with Crippen LogP contribution >= 0.6 is 11.6 Å². The lowest BCUT2D eigenvalue weighted by molar-refractivity contribution is -0.138. The highest BCUT2D eigenvalue weighted by atomic mass is 35.5. The van der Waals surface area contributed by atoms with Crippen LogP contribution in [-0.4, -0.2) is 29.1 Å². The van der Waals surface area contributed by atoms with Gasteiger partial charge in [-0.15, -0.1) is 0 Å². The van der Waals surface area contributed by atoms with E-state index in [1.807, 2.05) is 24.3 Å². The van der Waals surface area contributed by atoms with E-state index in [0.717, 1.165) is 43.1 Å². The average Bonchev–Trinajstić information content (AvgIpc) is 2.34. The van der Waals surface area contributed by atoms with Crippen molar-refractivity contribution in [1.82, 2.24) is 4.90 Å². The van der Waals surface area contributed by atoms with E-state index in [1.165, 1.54) is 0 Å². The molecule has 0 unspecified atom stereocenters. The van der Waals surface area contributed by atoms with Gasteiger partial charge in [0.25, 0.3) is 0 Å². The number of aliphatic carboxylic acids is 1. The summed E-state index contributed by atoms with van der Waals surface area (Å²) in [7, 11) is 0. The Morgan fingerprint density at radius 2 is 2.00 bits per heavy atom. The minimum Gasteiger partial charge on any atom is -0.481 e. The van der Waals surface area contributed by atoms with Crippen LogP contribution < -0.4 is 0 Å². The second-order valence-corrected chi connectivity index (χ2v) is 5.32. The van der Waals surface area contributed by atoms with E-state index in [2.05, 4.69) is 4.90 Å². The van der Waals surface area contributed by atoms with Gasteiger partial charge in [-0.05, 0) is 43.5 Å². The molecule has 0 atom stereocenters. The summed E-state index contributed by atoms with van der Waals surface area (Å²) in [5.41, 5.74) is 1.15. The largest absolute Gasteiger partial charge is 0.481 e. The van der Waals surface area contributed by atoms with Gasteiger partial charge in [0, 0.05) is 18.0 Å². The van der Waals surface area contributed by atoms with Crippen LogP contribution in [0.1, 0.15) is 24.8 Å². The molecule has 1 saturated heterocycles. The van der Waals surface area contributed by atoms with Crippen LogP contribution in [0.3, 0.4) is 0 Å². The third-order valence-corrected chi connectivity index (χ3v) is 3.89. The highest BCUT2D eigenvalue weighted by Gasteiger charge is 2.21. The fourth-order valence-electron chi connectivity index (χ4n) is 2.46. The molecule has 0 saturated carbocycles. The predicted octanol–water partition coefficient (Wildman–Crippen LogP) is 3.03. The van der Waals surface area contributed by atoms with Gasteiger partial charge in [-0.1, -0.05) is 29.8 Å². The highest BCUT2D eigenvalue weighted by Crippen LogP contribution is 2.23. The molecular weight excluding hydrogens is 250 g/mol. The zero-order valence-electron chi connectivity index (χ0n) is 10.3. The summed E-state index contributed by atoms with van der Waals surface area (Å²) in [6, 6.07) is 7.89. The molecule has 2 rings (SSSR count). The topological polar surface area (TPSA) is 40.5 Å². The zero-order valence-corrected chi connectivity index (χ0v) is 11.1. The molecule has 4 heteroatoms. The van der Waals surface area contributed by atoms with Crippen LogP contribution in [-0.2, 0) is 11.3 Å². The van der Waals surface area contributed by atoms with Gasteiger partial charge in [0.1, 0.15) is 0 Å². The molecule has 1 aliphatic heterocycles. The summed E-state index contributed by atoms with van der Waals surface area (Å²) in [4.78, 5) is 13.0. The number of likely N-dealkylation sites (tertiary alicyclic amines) is 1. The lowest BCUT2D eigenvalue weighted by Crippen LogP contribution is -2.33. The van der Waals surface area contributed by atoms with Crippen molar-refractivity contribution in [2.75, 3.05) is 13.1 Å². The van der Waals surface area contributed by atoms with E-state index in [0.29, 0.717) is 12.3 Å². The van der Waals surface area contributed by atoms with Crippen molar-refractivity contribution in [3.63, 3.8) is 0 Å². The molecule has 0 spiro atoms. The van der Waals surface area contributed by atoms with E-state index in [-0.39, 0.29) is 0 Å². The smallest absolute Gasteiger partial charge is 0.303 e. The van der Waals surface area contributed by atoms with Gasteiger partial charge in [0.05, 0.1) is 0 Å². The van der Waals surface area contributed by atoms with Gasteiger partial charge in [-0.3, -0.25) is 9.69 Å². The maximum absolute atomic E-state index is 10.7. The average molecular weight is 268 g/mol. The van der Waals surface area contributed by atoms with E-state index in [4.69, 9.17) is 16.7 Å². The van der Waals surface area contributed by atoms with E-state index in [9.17, 15) is 4.79 Å². The second-order valence-electron chi connectivity index (χ2n) is 4.91. The molecule has 0 bridgehead atoms. The fourth-order valence-corrected chi connectivity index (χ4v) is 2.66. The van der Waals surface area contributed by atoms with E-state index < -0.39 is 5.97 Å². The normalized spacial score (nSPS) is 17.8. The molecule has 1 heterocycles. The lowest BCUT2D eigenvalue weighted by Gasteiger charge is -2.31. The zero-order chi connectivity index (χ0) is 13.0. The number of carboxylic acids is 1. The number of halogens is 1. The molecule has 3 nitrogen and oxygen atoms in total. The number of benzene rings is 1. The molecule has 1 fully saturated rings. The van der Waals surface area contributed by atoms with Crippen LogP contribution in [0, 0.1) is 5.92 Å². The number of rotatable bonds is 4. The quantitative estimate of drug-likeness (QED) is 0.912. The second kappa shape index (κ2) is 6.21. The molecule has 1 aliphatic rings. The Bertz CT molecular complexity index is 414. The molecule has 0 aromatic heterocycles. The highest BCUT2D eigenvalue weighted by molar-refractivity contribution is 6.31. The Balaban J connectivity index is 1.84. The lowest BCUT2D eigenvalue weighted by atomic mass is 9.93. The van der Waals surface area contributed by atoms with Crippen LogP contribution in [0.2, 0.25) is 5.02 Å². The summed E-state index contributed by atoms with van der Waals surface area (Å²) >= 11 is 6.14. The Kier molecular flexibility index (Phi) is 4.61. The third kappa shape index (κ3) is 3.72. The molecule has 0 radical (unpaired) electrons. The first kappa shape index (κ1) is 13.4. The monoisotopic (exact) mass is 267 g/mol. The predicted molar refractivity (Wildman–Crippen MR) is 71.7 cm³/mol. The maximum atomic E-state index is 10.7. The van der Waals surface area contributed by atoms with Crippen LogP contribution in [0.5, 0.6) is 0 Å². The van der Waals surface area contributed by atoms with Gasteiger partial charge in [0.15, 0.2) is 0 Å². The van der Waals surface area contributed by atoms with Crippen molar-refractivity contribution in [2.45, 2.75) is 25.8 Å².